The van der Waals surface area contributed by atoms with Crippen molar-refractivity contribution in [1.82, 2.24) is 10.3 Å². The molecule has 1 aromatic rings. The van der Waals surface area contributed by atoms with E-state index in [-0.39, 0.29) is 12.1 Å². The number of nitrogens with one attached hydrogen (secondary N) is 1. The number of pyridine rings is 1. The Kier molecular flexibility index (Phi) is 5.22. The number of rotatable bonds is 7. The molecule has 128 valence electrons. The van der Waals surface area contributed by atoms with E-state index in [1.165, 1.54) is 0 Å². The van der Waals surface area contributed by atoms with Crippen molar-refractivity contribution in [2.24, 2.45) is 0 Å². The number of aromatic nitrogens is 1. The molecule has 0 bridgehead atoms. The zero-order valence-corrected chi connectivity index (χ0v) is 14.2. The molecule has 4 nitrogen and oxygen atoms in total. The van der Waals surface area contributed by atoms with Crippen molar-refractivity contribution in [2.75, 3.05) is 11.9 Å². The second-order valence-corrected chi connectivity index (χ2v) is 6.29. The minimum Gasteiger partial charge on any atom is -0.356 e. The van der Waals surface area contributed by atoms with Crippen LogP contribution in [0, 0.1) is 6.92 Å². The Bertz CT molecular complexity index is 577. The molecule has 1 heterocycles. The van der Waals surface area contributed by atoms with Crippen LogP contribution in [0.2, 0.25) is 0 Å². The van der Waals surface area contributed by atoms with Gasteiger partial charge in [-0.2, -0.15) is 0 Å². The summed E-state index contributed by atoms with van der Waals surface area (Å²) in [6.45, 7) is 6.20. The molecule has 2 rings (SSSR count). The Morgan fingerprint density at radius 1 is 1.48 bits per heavy atom. The third-order valence-corrected chi connectivity index (χ3v) is 4.41. The first kappa shape index (κ1) is 17.6. The fourth-order valence-corrected chi connectivity index (χ4v) is 2.78. The highest BCUT2D eigenvalue weighted by Gasteiger charge is 2.58. The highest BCUT2D eigenvalue weighted by Crippen LogP contribution is 2.41. The Morgan fingerprint density at radius 3 is 2.65 bits per heavy atom. The Labute approximate surface area is 136 Å². The molecule has 1 aromatic heterocycles. The van der Waals surface area contributed by atoms with Gasteiger partial charge in [-0.25, -0.2) is 13.8 Å². The van der Waals surface area contributed by atoms with Crippen LogP contribution in [0.15, 0.2) is 12.1 Å². The molecule has 2 unspecified atom stereocenters. The fraction of sp³-hybridized carbons (Fsp3) is 0.647. The number of carbonyl (C=O) groups is 1. The average Bonchev–Trinajstić information content (AvgIpc) is 3.10. The van der Waals surface area contributed by atoms with Crippen molar-refractivity contribution < 1.29 is 13.6 Å². The Morgan fingerprint density at radius 2 is 2.13 bits per heavy atom. The van der Waals surface area contributed by atoms with Crippen LogP contribution in [0.4, 0.5) is 14.6 Å². The number of hydrogen-bond donors (Lipinski definition) is 1. The topological polar surface area (TPSA) is 45.2 Å². The standard InChI is InChI=1S/C17H25F2N3O/c1-5-7-12(6-2)22(4)15-11(3)8-9-13(20-15)16(23)21-14-10-17(14,18)19/h8-9,12,14H,5-7,10H2,1-4H3,(H,21,23). The molecule has 2 atom stereocenters. The molecule has 1 aliphatic rings. The molecule has 23 heavy (non-hydrogen) atoms. The maximum Gasteiger partial charge on any atom is 0.270 e. The first-order valence-electron chi connectivity index (χ1n) is 8.19. The molecule has 0 aromatic carbocycles. The quantitative estimate of drug-likeness (QED) is 0.834. The van der Waals surface area contributed by atoms with Gasteiger partial charge in [0.05, 0.1) is 6.04 Å². The van der Waals surface area contributed by atoms with Gasteiger partial charge in [0.2, 0.25) is 0 Å². The summed E-state index contributed by atoms with van der Waals surface area (Å²) in [7, 11) is 1.97. The summed E-state index contributed by atoms with van der Waals surface area (Å²) in [6, 6.07) is 2.70. The lowest BCUT2D eigenvalue weighted by molar-refractivity contribution is 0.0845. The second kappa shape index (κ2) is 6.81. The van der Waals surface area contributed by atoms with E-state index < -0.39 is 17.9 Å². The minimum absolute atomic E-state index is 0.187. The maximum atomic E-state index is 12.9. The Hall–Kier alpha value is -1.72. The molecule has 0 spiro atoms. The predicted molar refractivity (Wildman–Crippen MR) is 87.2 cm³/mol. The first-order valence-corrected chi connectivity index (χ1v) is 8.19. The van der Waals surface area contributed by atoms with Gasteiger partial charge in [0.25, 0.3) is 11.8 Å². The summed E-state index contributed by atoms with van der Waals surface area (Å²) in [5.74, 6) is -2.57. The number of halogens is 2. The molecule has 1 saturated carbocycles. The van der Waals surface area contributed by atoms with E-state index in [1.54, 1.807) is 6.07 Å². The Balaban J connectivity index is 2.16. The lowest BCUT2D eigenvalue weighted by Crippen LogP contribution is -2.34. The van der Waals surface area contributed by atoms with E-state index in [1.807, 2.05) is 20.0 Å². The fourth-order valence-electron chi connectivity index (χ4n) is 2.78. The molecule has 0 radical (unpaired) electrons. The van der Waals surface area contributed by atoms with Crippen LogP contribution in [-0.2, 0) is 0 Å². The molecule has 1 fully saturated rings. The second-order valence-electron chi connectivity index (χ2n) is 6.29. The number of amides is 1. The van der Waals surface area contributed by atoms with E-state index >= 15 is 0 Å². The van der Waals surface area contributed by atoms with Crippen molar-refractivity contribution in [2.45, 2.75) is 64.5 Å². The maximum absolute atomic E-state index is 12.9. The van der Waals surface area contributed by atoms with Crippen LogP contribution >= 0.6 is 0 Å². The third kappa shape index (κ3) is 3.98. The largest absolute Gasteiger partial charge is 0.356 e. The van der Waals surface area contributed by atoms with Gasteiger partial charge >= 0.3 is 0 Å². The predicted octanol–water partition coefficient (Wildman–Crippen LogP) is 3.54. The van der Waals surface area contributed by atoms with Gasteiger partial charge in [0, 0.05) is 19.5 Å². The van der Waals surface area contributed by atoms with Crippen molar-refractivity contribution in [3.8, 4) is 0 Å². The smallest absolute Gasteiger partial charge is 0.270 e. The highest BCUT2D eigenvalue weighted by molar-refractivity contribution is 5.93. The number of nitrogens with zero attached hydrogens (tertiary/aromatic N) is 2. The van der Waals surface area contributed by atoms with Crippen LogP contribution in [0.3, 0.4) is 0 Å². The lowest BCUT2D eigenvalue weighted by Gasteiger charge is -2.29. The number of hydrogen-bond acceptors (Lipinski definition) is 3. The van der Waals surface area contributed by atoms with Gasteiger partial charge in [-0.15, -0.1) is 0 Å². The van der Waals surface area contributed by atoms with Crippen LogP contribution in [0.25, 0.3) is 0 Å². The number of aryl methyl sites for hydroxylation is 1. The van der Waals surface area contributed by atoms with E-state index in [0.29, 0.717) is 6.04 Å². The summed E-state index contributed by atoms with van der Waals surface area (Å²) in [5, 5.41) is 2.34. The van der Waals surface area contributed by atoms with Gasteiger partial charge in [-0.1, -0.05) is 26.3 Å². The van der Waals surface area contributed by atoms with Gasteiger partial charge in [-0.3, -0.25) is 4.79 Å². The van der Waals surface area contributed by atoms with Crippen LogP contribution in [-0.4, -0.2) is 35.9 Å². The molecule has 1 N–H and O–H groups in total. The summed E-state index contributed by atoms with van der Waals surface area (Å²) in [4.78, 5) is 18.6. The zero-order valence-electron chi connectivity index (χ0n) is 14.2. The van der Waals surface area contributed by atoms with E-state index in [2.05, 4.69) is 29.0 Å². The van der Waals surface area contributed by atoms with Gasteiger partial charge in [0.15, 0.2) is 0 Å². The minimum atomic E-state index is -2.77. The monoisotopic (exact) mass is 325 g/mol. The summed E-state index contributed by atoms with van der Waals surface area (Å²) in [5.41, 5.74) is 1.15. The summed E-state index contributed by atoms with van der Waals surface area (Å²) in [6.07, 6.45) is 2.81. The molecule has 0 aliphatic heterocycles. The van der Waals surface area contributed by atoms with Crippen LogP contribution < -0.4 is 10.2 Å². The third-order valence-electron chi connectivity index (χ3n) is 4.41. The molecule has 6 heteroatoms. The number of anilines is 1. The SMILES string of the molecule is CCCC(CC)N(C)c1nc(C(=O)NC2CC2(F)F)ccc1C. The molecule has 1 aliphatic carbocycles. The first-order chi connectivity index (χ1) is 10.8. The summed E-state index contributed by atoms with van der Waals surface area (Å²) < 4.78 is 25.9. The van der Waals surface area contributed by atoms with Crippen molar-refractivity contribution in [3.05, 3.63) is 23.4 Å². The van der Waals surface area contributed by atoms with E-state index in [0.717, 1.165) is 30.6 Å². The zero-order chi connectivity index (χ0) is 17.2. The van der Waals surface area contributed by atoms with Crippen molar-refractivity contribution >= 4 is 11.7 Å². The number of alkyl halides is 2. The lowest BCUT2D eigenvalue weighted by atomic mass is 10.1. The summed E-state index contributed by atoms with van der Waals surface area (Å²) >= 11 is 0. The van der Waals surface area contributed by atoms with Crippen molar-refractivity contribution in [3.63, 3.8) is 0 Å². The van der Waals surface area contributed by atoms with Gasteiger partial charge < -0.3 is 10.2 Å². The van der Waals surface area contributed by atoms with Crippen molar-refractivity contribution in [1.29, 1.82) is 0 Å². The van der Waals surface area contributed by atoms with Crippen LogP contribution in [0.1, 0.15) is 55.6 Å². The van der Waals surface area contributed by atoms with E-state index in [4.69, 9.17) is 0 Å². The molecular weight excluding hydrogens is 300 g/mol. The van der Waals surface area contributed by atoms with Gasteiger partial charge in [-0.05, 0) is 31.4 Å². The molecule has 1 amide bonds. The highest BCUT2D eigenvalue weighted by atomic mass is 19.3. The number of carbonyl (C=O) groups excluding carboxylic acids is 1. The molecule has 0 saturated heterocycles. The average molecular weight is 325 g/mol. The normalized spacial score (nSPS) is 20.0. The van der Waals surface area contributed by atoms with Crippen LogP contribution in [0.5, 0.6) is 0 Å². The molecular formula is C17H25F2N3O. The van der Waals surface area contributed by atoms with Gasteiger partial charge in [0.1, 0.15) is 11.5 Å². The van der Waals surface area contributed by atoms with E-state index in [9.17, 15) is 13.6 Å².